The second-order valence-electron chi connectivity index (χ2n) is 5.04. The van der Waals surface area contributed by atoms with Crippen molar-refractivity contribution in [2.24, 2.45) is 5.92 Å². The molecule has 2 N–H and O–H groups in total. The summed E-state index contributed by atoms with van der Waals surface area (Å²) in [5.74, 6) is 0.829. The summed E-state index contributed by atoms with van der Waals surface area (Å²) < 4.78 is 0. The highest BCUT2D eigenvalue weighted by Gasteiger charge is 2.22. The first-order valence-electron chi connectivity index (χ1n) is 6.62. The zero-order valence-corrected chi connectivity index (χ0v) is 10.9. The molecule has 0 saturated heterocycles. The van der Waals surface area contributed by atoms with Crippen LogP contribution in [0.2, 0.25) is 0 Å². The van der Waals surface area contributed by atoms with Crippen LogP contribution in [0, 0.1) is 5.92 Å². The fourth-order valence-corrected chi connectivity index (χ4v) is 2.63. The molecular weight excluding hydrogens is 200 g/mol. The quantitative estimate of drug-likeness (QED) is 0.721. The lowest BCUT2D eigenvalue weighted by Gasteiger charge is -2.26. The van der Waals surface area contributed by atoms with Crippen molar-refractivity contribution in [3.8, 4) is 0 Å². The number of hydrogen-bond acceptors (Lipinski definition) is 2. The van der Waals surface area contributed by atoms with E-state index in [2.05, 4.69) is 17.6 Å². The molecule has 0 aromatic carbocycles. The maximum atomic E-state index is 11.4. The molecule has 1 aliphatic rings. The molecule has 0 aliphatic heterocycles. The first-order chi connectivity index (χ1) is 7.65. The Morgan fingerprint density at radius 2 is 1.69 bits per heavy atom. The molecule has 0 spiro atoms. The molecule has 0 bridgehead atoms. The zero-order valence-electron chi connectivity index (χ0n) is 10.9. The molecule has 1 aliphatic carbocycles. The maximum Gasteiger partial charge on any atom is 0.236 e. The number of likely N-dealkylation sites (N-methyl/N-ethyl adjacent to an activating group) is 1. The van der Waals surface area contributed by atoms with Crippen molar-refractivity contribution < 1.29 is 4.79 Å². The molecule has 0 radical (unpaired) electrons. The lowest BCUT2D eigenvalue weighted by atomic mass is 9.92. The standard InChI is InChI=1S/C13H26N2O/c1-10(15-11(2)13(16)14-3)12-8-6-4-5-7-9-12/h10-12,15H,4-9H2,1-3H3,(H,14,16)/t10-,11?/m0/s1. The van der Waals surface area contributed by atoms with Crippen LogP contribution in [0.5, 0.6) is 0 Å². The fourth-order valence-electron chi connectivity index (χ4n) is 2.63. The Bertz CT molecular complexity index is 210. The average molecular weight is 226 g/mol. The molecule has 3 nitrogen and oxygen atoms in total. The van der Waals surface area contributed by atoms with Gasteiger partial charge in [-0.05, 0) is 32.6 Å². The smallest absolute Gasteiger partial charge is 0.236 e. The van der Waals surface area contributed by atoms with Crippen LogP contribution in [-0.4, -0.2) is 25.0 Å². The van der Waals surface area contributed by atoms with E-state index in [4.69, 9.17) is 0 Å². The SMILES string of the molecule is CNC(=O)C(C)N[C@@H](C)C1CCCCCC1. The van der Waals surface area contributed by atoms with Crippen LogP contribution < -0.4 is 10.6 Å². The molecule has 2 atom stereocenters. The monoisotopic (exact) mass is 226 g/mol. The highest BCUT2D eigenvalue weighted by molar-refractivity contribution is 5.80. The summed E-state index contributed by atoms with van der Waals surface area (Å²) in [6, 6.07) is 0.369. The van der Waals surface area contributed by atoms with Gasteiger partial charge in [0.15, 0.2) is 0 Å². The summed E-state index contributed by atoms with van der Waals surface area (Å²) in [7, 11) is 1.69. The van der Waals surface area contributed by atoms with Gasteiger partial charge in [0.25, 0.3) is 0 Å². The van der Waals surface area contributed by atoms with Crippen LogP contribution in [0.3, 0.4) is 0 Å². The number of carbonyl (C=O) groups is 1. The van der Waals surface area contributed by atoms with Crippen molar-refractivity contribution in [3.05, 3.63) is 0 Å². The van der Waals surface area contributed by atoms with Gasteiger partial charge in [-0.2, -0.15) is 0 Å². The normalized spacial score (nSPS) is 22.2. The number of rotatable bonds is 4. The molecule has 3 heteroatoms. The molecule has 1 saturated carbocycles. The predicted molar refractivity (Wildman–Crippen MR) is 67.3 cm³/mol. The minimum atomic E-state index is -0.0803. The van der Waals surface area contributed by atoms with Gasteiger partial charge in [-0.15, -0.1) is 0 Å². The third kappa shape index (κ3) is 4.12. The summed E-state index contributed by atoms with van der Waals surface area (Å²) in [6.45, 7) is 4.15. The Kier molecular flexibility index (Phi) is 5.81. The van der Waals surface area contributed by atoms with Crippen molar-refractivity contribution in [1.29, 1.82) is 0 Å². The van der Waals surface area contributed by atoms with E-state index in [9.17, 15) is 4.79 Å². The molecule has 16 heavy (non-hydrogen) atoms. The Morgan fingerprint density at radius 3 is 2.19 bits per heavy atom. The van der Waals surface area contributed by atoms with Gasteiger partial charge in [0.05, 0.1) is 6.04 Å². The van der Waals surface area contributed by atoms with E-state index >= 15 is 0 Å². The van der Waals surface area contributed by atoms with Crippen LogP contribution in [0.25, 0.3) is 0 Å². The van der Waals surface area contributed by atoms with Crippen molar-refractivity contribution in [2.45, 2.75) is 64.5 Å². The molecule has 1 amide bonds. The van der Waals surface area contributed by atoms with Crippen molar-refractivity contribution in [2.75, 3.05) is 7.05 Å². The van der Waals surface area contributed by atoms with Crippen LogP contribution in [0.15, 0.2) is 0 Å². The largest absolute Gasteiger partial charge is 0.358 e. The lowest BCUT2D eigenvalue weighted by molar-refractivity contribution is -0.122. The molecule has 0 aromatic heterocycles. The molecule has 1 fully saturated rings. The number of amides is 1. The molecule has 0 aromatic rings. The Balaban J connectivity index is 2.37. The molecular formula is C13H26N2O. The summed E-state index contributed by atoms with van der Waals surface area (Å²) in [4.78, 5) is 11.4. The number of nitrogens with one attached hydrogen (secondary N) is 2. The van der Waals surface area contributed by atoms with E-state index < -0.39 is 0 Å². The highest BCUT2D eigenvalue weighted by Crippen LogP contribution is 2.25. The second-order valence-corrected chi connectivity index (χ2v) is 5.04. The summed E-state index contributed by atoms with van der Waals surface area (Å²) in [6.07, 6.45) is 8.10. The molecule has 1 unspecified atom stereocenters. The number of hydrogen-bond donors (Lipinski definition) is 2. The van der Waals surface area contributed by atoms with Gasteiger partial charge in [0.1, 0.15) is 0 Å². The highest BCUT2D eigenvalue weighted by atomic mass is 16.2. The van der Waals surface area contributed by atoms with E-state index in [0.29, 0.717) is 6.04 Å². The van der Waals surface area contributed by atoms with E-state index in [0.717, 1.165) is 5.92 Å². The van der Waals surface area contributed by atoms with Crippen LogP contribution in [-0.2, 0) is 4.79 Å². The van der Waals surface area contributed by atoms with Crippen LogP contribution in [0.4, 0.5) is 0 Å². The van der Waals surface area contributed by atoms with Gasteiger partial charge in [-0.25, -0.2) is 0 Å². The summed E-state index contributed by atoms with van der Waals surface area (Å²) in [5, 5.41) is 6.10. The minimum absolute atomic E-state index is 0.0803. The van der Waals surface area contributed by atoms with Crippen LogP contribution in [0.1, 0.15) is 52.4 Å². The Labute approximate surface area is 99.4 Å². The third-order valence-corrected chi connectivity index (χ3v) is 3.76. The second kappa shape index (κ2) is 6.89. The molecule has 1 rings (SSSR count). The third-order valence-electron chi connectivity index (χ3n) is 3.76. The van der Waals surface area contributed by atoms with Gasteiger partial charge in [-0.1, -0.05) is 25.7 Å². The zero-order chi connectivity index (χ0) is 12.0. The first kappa shape index (κ1) is 13.5. The van der Waals surface area contributed by atoms with Crippen molar-refractivity contribution >= 4 is 5.91 Å². The lowest BCUT2D eigenvalue weighted by Crippen LogP contribution is -2.47. The van der Waals surface area contributed by atoms with Gasteiger partial charge in [-0.3, -0.25) is 4.79 Å². The van der Waals surface area contributed by atoms with Crippen molar-refractivity contribution in [1.82, 2.24) is 10.6 Å². The Hall–Kier alpha value is -0.570. The predicted octanol–water partition coefficient (Wildman–Crippen LogP) is 2.07. The topological polar surface area (TPSA) is 41.1 Å². The average Bonchev–Trinajstić information content (AvgIpc) is 2.56. The summed E-state index contributed by atoms with van der Waals surface area (Å²) >= 11 is 0. The van der Waals surface area contributed by atoms with E-state index in [1.165, 1.54) is 38.5 Å². The maximum absolute atomic E-state index is 11.4. The minimum Gasteiger partial charge on any atom is -0.358 e. The van der Waals surface area contributed by atoms with Gasteiger partial charge in [0.2, 0.25) is 5.91 Å². The van der Waals surface area contributed by atoms with E-state index in [-0.39, 0.29) is 11.9 Å². The fraction of sp³-hybridized carbons (Fsp3) is 0.923. The van der Waals surface area contributed by atoms with E-state index in [1.807, 2.05) is 6.92 Å². The molecule has 94 valence electrons. The first-order valence-corrected chi connectivity index (χ1v) is 6.62. The number of carbonyl (C=O) groups excluding carboxylic acids is 1. The summed E-state index contributed by atoms with van der Waals surface area (Å²) in [5.41, 5.74) is 0. The molecule has 0 heterocycles. The van der Waals surface area contributed by atoms with Gasteiger partial charge in [0, 0.05) is 13.1 Å². The van der Waals surface area contributed by atoms with Gasteiger partial charge >= 0.3 is 0 Å². The van der Waals surface area contributed by atoms with Crippen LogP contribution >= 0.6 is 0 Å². The van der Waals surface area contributed by atoms with E-state index in [1.54, 1.807) is 7.05 Å². The van der Waals surface area contributed by atoms with Crippen molar-refractivity contribution in [3.63, 3.8) is 0 Å². The Morgan fingerprint density at radius 1 is 1.12 bits per heavy atom. The van der Waals surface area contributed by atoms with Gasteiger partial charge < -0.3 is 10.6 Å².